The summed E-state index contributed by atoms with van der Waals surface area (Å²) in [5, 5.41) is 13.7. The Morgan fingerprint density at radius 3 is 2.87 bits per heavy atom. The number of ether oxygens (including phenoxy) is 1. The van der Waals surface area contributed by atoms with Crippen molar-refractivity contribution in [3.63, 3.8) is 0 Å². The number of pyridine rings is 1. The standard InChI is InChI=1S/C16H15N3O3S/c1-9-5-11(19-22-9)8-21-16(20)12-6-14(10-3-4-10)18-15(23-2)13(12)7-17/h5-6,10H,3-4,8H2,1-2H3. The predicted molar refractivity (Wildman–Crippen MR) is 83.1 cm³/mol. The van der Waals surface area contributed by atoms with E-state index in [1.54, 1.807) is 19.1 Å². The number of nitrogens with zero attached hydrogens (tertiary/aromatic N) is 3. The van der Waals surface area contributed by atoms with Gasteiger partial charge in [-0.25, -0.2) is 9.78 Å². The number of aromatic nitrogens is 2. The molecular formula is C16H15N3O3S. The van der Waals surface area contributed by atoms with Crippen LogP contribution in [0, 0.1) is 18.3 Å². The molecule has 7 heteroatoms. The minimum atomic E-state index is -0.540. The molecule has 1 saturated carbocycles. The van der Waals surface area contributed by atoms with Crippen molar-refractivity contribution >= 4 is 17.7 Å². The lowest BCUT2D eigenvalue weighted by atomic mass is 10.1. The molecule has 0 atom stereocenters. The van der Waals surface area contributed by atoms with Crippen molar-refractivity contribution in [2.75, 3.05) is 6.26 Å². The van der Waals surface area contributed by atoms with Gasteiger partial charge in [-0.05, 0) is 32.1 Å². The molecule has 0 aliphatic heterocycles. The maximum absolute atomic E-state index is 12.4. The molecule has 0 aromatic carbocycles. The number of carbonyl (C=O) groups excluding carboxylic acids is 1. The van der Waals surface area contributed by atoms with Crippen LogP contribution in [0.5, 0.6) is 0 Å². The summed E-state index contributed by atoms with van der Waals surface area (Å²) < 4.78 is 10.2. The third kappa shape index (κ3) is 3.37. The quantitative estimate of drug-likeness (QED) is 0.614. The van der Waals surface area contributed by atoms with Gasteiger partial charge in [0.1, 0.15) is 29.2 Å². The van der Waals surface area contributed by atoms with E-state index in [9.17, 15) is 10.1 Å². The van der Waals surface area contributed by atoms with Gasteiger partial charge in [-0.1, -0.05) is 5.16 Å². The molecule has 2 heterocycles. The fourth-order valence-electron chi connectivity index (χ4n) is 2.25. The highest BCUT2D eigenvalue weighted by Gasteiger charge is 2.29. The molecular weight excluding hydrogens is 314 g/mol. The van der Waals surface area contributed by atoms with E-state index in [4.69, 9.17) is 9.26 Å². The molecule has 118 valence electrons. The van der Waals surface area contributed by atoms with Gasteiger partial charge < -0.3 is 9.26 Å². The Kier molecular flexibility index (Phi) is 4.35. The fraction of sp³-hybridized carbons (Fsp3) is 0.375. The van der Waals surface area contributed by atoms with Gasteiger partial charge in [0.15, 0.2) is 0 Å². The van der Waals surface area contributed by atoms with Gasteiger partial charge in [-0.3, -0.25) is 0 Å². The molecule has 3 rings (SSSR count). The average Bonchev–Trinajstić information content (AvgIpc) is 3.33. The number of rotatable bonds is 5. The largest absolute Gasteiger partial charge is 0.455 e. The van der Waals surface area contributed by atoms with Crippen LogP contribution in [0.2, 0.25) is 0 Å². The minimum absolute atomic E-state index is 0.0106. The first kappa shape index (κ1) is 15.6. The maximum atomic E-state index is 12.4. The van der Waals surface area contributed by atoms with E-state index in [2.05, 4.69) is 16.2 Å². The summed E-state index contributed by atoms with van der Waals surface area (Å²) in [6.45, 7) is 1.78. The SMILES string of the molecule is CSc1nc(C2CC2)cc(C(=O)OCc2cc(C)on2)c1C#N. The Bertz CT molecular complexity index is 790. The smallest absolute Gasteiger partial charge is 0.340 e. The zero-order valence-corrected chi connectivity index (χ0v) is 13.6. The van der Waals surface area contributed by atoms with Crippen molar-refractivity contribution in [2.24, 2.45) is 0 Å². The van der Waals surface area contributed by atoms with E-state index < -0.39 is 5.97 Å². The molecule has 6 nitrogen and oxygen atoms in total. The molecule has 0 N–H and O–H groups in total. The van der Waals surface area contributed by atoms with Crippen LogP contribution in [0.3, 0.4) is 0 Å². The third-order valence-corrected chi connectivity index (χ3v) is 4.24. The molecule has 23 heavy (non-hydrogen) atoms. The lowest BCUT2D eigenvalue weighted by Crippen LogP contribution is -2.10. The fourth-order valence-corrected chi connectivity index (χ4v) is 2.81. The Morgan fingerprint density at radius 2 is 2.30 bits per heavy atom. The highest BCUT2D eigenvalue weighted by atomic mass is 32.2. The Labute approximate surface area is 137 Å². The predicted octanol–water partition coefficient (Wildman–Crippen LogP) is 3.21. The summed E-state index contributed by atoms with van der Waals surface area (Å²) >= 11 is 1.36. The van der Waals surface area contributed by atoms with E-state index in [1.165, 1.54) is 11.8 Å². The van der Waals surface area contributed by atoms with E-state index >= 15 is 0 Å². The van der Waals surface area contributed by atoms with Gasteiger partial charge in [-0.15, -0.1) is 11.8 Å². The summed E-state index contributed by atoms with van der Waals surface area (Å²) in [5.41, 5.74) is 1.94. The van der Waals surface area contributed by atoms with Gasteiger partial charge in [0, 0.05) is 17.7 Å². The van der Waals surface area contributed by atoms with Crippen molar-refractivity contribution < 1.29 is 14.1 Å². The molecule has 0 radical (unpaired) electrons. The first-order valence-corrected chi connectivity index (χ1v) is 8.43. The number of esters is 1. The normalized spacial score (nSPS) is 13.6. The topological polar surface area (TPSA) is 89.0 Å². The second kappa shape index (κ2) is 6.42. The summed E-state index contributed by atoms with van der Waals surface area (Å²) in [7, 11) is 0. The summed E-state index contributed by atoms with van der Waals surface area (Å²) in [4.78, 5) is 16.9. The van der Waals surface area contributed by atoms with E-state index in [-0.39, 0.29) is 17.7 Å². The van der Waals surface area contributed by atoms with Crippen LogP contribution in [-0.4, -0.2) is 22.4 Å². The molecule has 1 aliphatic rings. The van der Waals surface area contributed by atoms with Gasteiger partial charge >= 0.3 is 5.97 Å². The molecule has 0 bridgehead atoms. The van der Waals surface area contributed by atoms with Gasteiger partial charge in [0.05, 0.1) is 11.1 Å². The molecule has 2 aromatic rings. The molecule has 0 spiro atoms. The highest BCUT2D eigenvalue weighted by Crippen LogP contribution is 2.40. The second-order valence-electron chi connectivity index (χ2n) is 5.37. The molecule has 2 aromatic heterocycles. The summed E-state index contributed by atoms with van der Waals surface area (Å²) in [6.07, 6.45) is 3.98. The van der Waals surface area contributed by atoms with Crippen LogP contribution >= 0.6 is 11.8 Å². The van der Waals surface area contributed by atoms with Crippen molar-refractivity contribution in [3.05, 3.63) is 40.4 Å². The van der Waals surface area contributed by atoms with E-state index in [0.717, 1.165) is 18.5 Å². The zero-order chi connectivity index (χ0) is 16.4. The third-order valence-electron chi connectivity index (χ3n) is 3.55. The molecule has 0 amide bonds. The van der Waals surface area contributed by atoms with Crippen molar-refractivity contribution in [1.29, 1.82) is 5.26 Å². The van der Waals surface area contributed by atoms with Crippen LogP contribution in [0.4, 0.5) is 0 Å². The van der Waals surface area contributed by atoms with Gasteiger partial charge in [-0.2, -0.15) is 5.26 Å². The monoisotopic (exact) mass is 329 g/mol. The lowest BCUT2D eigenvalue weighted by molar-refractivity contribution is 0.0463. The van der Waals surface area contributed by atoms with E-state index in [1.807, 2.05) is 6.26 Å². The van der Waals surface area contributed by atoms with Gasteiger partial charge in [0.25, 0.3) is 0 Å². The van der Waals surface area contributed by atoms with Crippen molar-refractivity contribution in [1.82, 2.24) is 10.1 Å². The van der Waals surface area contributed by atoms with Crippen LogP contribution in [0.25, 0.3) is 0 Å². The van der Waals surface area contributed by atoms with Crippen LogP contribution < -0.4 is 0 Å². The van der Waals surface area contributed by atoms with E-state index in [0.29, 0.717) is 22.4 Å². The second-order valence-corrected chi connectivity index (χ2v) is 6.17. The Morgan fingerprint density at radius 1 is 1.52 bits per heavy atom. The molecule has 1 fully saturated rings. The number of hydrogen-bond acceptors (Lipinski definition) is 7. The summed E-state index contributed by atoms with van der Waals surface area (Å²) in [5.74, 6) is 0.499. The first-order chi connectivity index (χ1) is 11.1. The average molecular weight is 329 g/mol. The number of carbonyl (C=O) groups is 1. The lowest BCUT2D eigenvalue weighted by Gasteiger charge is -2.09. The Balaban J connectivity index is 1.86. The molecule has 0 unspecified atom stereocenters. The maximum Gasteiger partial charge on any atom is 0.340 e. The van der Waals surface area contributed by atoms with Crippen molar-refractivity contribution in [3.8, 4) is 6.07 Å². The van der Waals surface area contributed by atoms with Crippen LogP contribution in [0.1, 0.15) is 51.8 Å². The molecule has 1 aliphatic carbocycles. The molecule has 0 saturated heterocycles. The number of aryl methyl sites for hydroxylation is 1. The van der Waals surface area contributed by atoms with Gasteiger partial charge in [0.2, 0.25) is 0 Å². The highest BCUT2D eigenvalue weighted by molar-refractivity contribution is 7.98. The first-order valence-electron chi connectivity index (χ1n) is 7.20. The number of thioether (sulfide) groups is 1. The summed E-state index contributed by atoms with van der Waals surface area (Å²) in [6, 6.07) is 5.46. The van der Waals surface area contributed by atoms with Crippen molar-refractivity contribution in [2.45, 2.75) is 37.3 Å². The van der Waals surface area contributed by atoms with Crippen LogP contribution in [-0.2, 0) is 11.3 Å². The zero-order valence-electron chi connectivity index (χ0n) is 12.8. The number of nitriles is 1. The minimum Gasteiger partial charge on any atom is -0.455 e. The van der Waals surface area contributed by atoms with Crippen LogP contribution in [0.15, 0.2) is 21.7 Å². The Hall–Kier alpha value is -2.33. The number of hydrogen-bond donors (Lipinski definition) is 0.